The highest BCUT2D eigenvalue weighted by Crippen LogP contribution is 2.16. The Hall–Kier alpha value is -3.48. The first kappa shape index (κ1) is 16.0. The van der Waals surface area contributed by atoms with E-state index in [1.54, 1.807) is 15.4 Å². The van der Waals surface area contributed by atoms with Gasteiger partial charge in [0.2, 0.25) is 11.9 Å². The largest absolute Gasteiger partial charge is 0.293 e. The van der Waals surface area contributed by atoms with Crippen molar-refractivity contribution in [1.82, 2.24) is 24.4 Å². The number of pyridine rings is 1. The first-order valence-corrected chi connectivity index (χ1v) is 8.41. The Morgan fingerprint density at radius 3 is 2.73 bits per heavy atom. The van der Waals surface area contributed by atoms with E-state index in [2.05, 4.69) is 20.5 Å². The lowest BCUT2D eigenvalue weighted by Gasteiger charge is -2.06. The predicted molar refractivity (Wildman–Crippen MR) is 98.2 cm³/mol. The number of fused-ring (bicyclic) bond motifs is 1. The number of aromatic nitrogens is 5. The molecule has 0 saturated carbocycles. The summed E-state index contributed by atoms with van der Waals surface area (Å²) < 4.78 is 3.48. The normalized spacial score (nSPS) is 11.0. The van der Waals surface area contributed by atoms with E-state index in [-0.39, 0.29) is 5.91 Å². The highest BCUT2D eigenvalue weighted by atomic mass is 16.1. The minimum Gasteiger partial charge on any atom is -0.293 e. The van der Waals surface area contributed by atoms with Crippen molar-refractivity contribution in [1.29, 1.82) is 0 Å². The summed E-state index contributed by atoms with van der Waals surface area (Å²) in [7, 11) is 0. The van der Waals surface area contributed by atoms with Crippen molar-refractivity contribution in [3.8, 4) is 5.69 Å². The molecule has 0 fully saturated rings. The molecule has 0 radical (unpaired) electrons. The number of carbonyl (C=O) groups is 1. The van der Waals surface area contributed by atoms with Crippen LogP contribution in [0.1, 0.15) is 17.7 Å². The van der Waals surface area contributed by atoms with Crippen molar-refractivity contribution in [2.24, 2.45) is 0 Å². The fourth-order valence-corrected chi connectivity index (χ4v) is 2.86. The maximum Gasteiger partial charge on any atom is 0.249 e. The number of carbonyl (C=O) groups excluding carboxylic acids is 1. The molecule has 4 rings (SSSR count). The van der Waals surface area contributed by atoms with E-state index in [9.17, 15) is 4.79 Å². The summed E-state index contributed by atoms with van der Waals surface area (Å²) in [6.07, 6.45) is 4.67. The molecule has 130 valence electrons. The molecule has 0 saturated heterocycles. The second-order valence-electron chi connectivity index (χ2n) is 5.99. The molecule has 7 heteroatoms. The van der Waals surface area contributed by atoms with Crippen LogP contribution in [-0.4, -0.2) is 30.3 Å². The third-order valence-electron chi connectivity index (χ3n) is 4.20. The van der Waals surface area contributed by atoms with E-state index >= 15 is 0 Å². The molecule has 1 N–H and O–H groups in total. The van der Waals surface area contributed by atoms with Gasteiger partial charge >= 0.3 is 0 Å². The summed E-state index contributed by atoms with van der Waals surface area (Å²) >= 11 is 0. The molecule has 3 aromatic heterocycles. The lowest BCUT2D eigenvalue weighted by Crippen LogP contribution is -2.13. The maximum absolute atomic E-state index is 12.2. The van der Waals surface area contributed by atoms with Crippen LogP contribution in [0.3, 0.4) is 0 Å². The lowest BCUT2D eigenvalue weighted by atomic mass is 10.1. The molecule has 0 unspecified atom stereocenters. The van der Waals surface area contributed by atoms with Crippen LogP contribution >= 0.6 is 0 Å². The third kappa shape index (κ3) is 3.19. The lowest BCUT2D eigenvalue weighted by molar-refractivity contribution is -0.116. The fourth-order valence-electron chi connectivity index (χ4n) is 2.86. The first-order valence-electron chi connectivity index (χ1n) is 8.41. The number of nitrogens with zero attached hydrogens (tertiary/aromatic N) is 5. The minimum atomic E-state index is -0.102. The third-order valence-corrected chi connectivity index (χ3v) is 4.20. The van der Waals surface area contributed by atoms with Gasteiger partial charge < -0.3 is 0 Å². The summed E-state index contributed by atoms with van der Waals surface area (Å²) in [4.78, 5) is 16.6. The van der Waals surface area contributed by atoms with Crippen LogP contribution in [0.5, 0.6) is 0 Å². The van der Waals surface area contributed by atoms with Gasteiger partial charge in [-0.1, -0.05) is 30.3 Å². The summed E-state index contributed by atoms with van der Waals surface area (Å²) in [5, 5.41) is 11.4. The molecule has 0 bridgehead atoms. The average molecular weight is 346 g/mol. The Kier molecular flexibility index (Phi) is 4.18. The van der Waals surface area contributed by atoms with Crippen LogP contribution in [0, 0.1) is 6.92 Å². The number of anilines is 1. The van der Waals surface area contributed by atoms with E-state index in [1.807, 2.05) is 61.7 Å². The molecule has 0 aliphatic heterocycles. The number of amides is 1. The molecule has 3 heterocycles. The van der Waals surface area contributed by atoms with Crippen LogP contribution in [0.2, 0.25) is 0 Å². The van der Waals surface area contributed by atoms with Crippen molar-refractivity contribution in [2.45, 2.75) is 19.8 Å². The van der Waals surface area contributed by atoms with Crippen molar-refractivity contribution < 1.29 is 4.79 Å². The summed E-state index contributed by atoms with van der Waals surface area (Å²) in [6, 6.07) is 15.6. The van der Waals surface area contributed by atoms with Gasteiger partial charge in [0.15, 0.2) is 5.65 Å². The Labute approximate surface area is 150 Å². The topological polar surface area (TPSA) is 77.1 Å². The van der Waals surface area contributed by atoms with E-state index in [1.165, 1.54) is 0 Å². The zero-order chi connectivity index (χ0) is 17.9. The molecule has 0 atom stereocenters. The Balaban J connectivity index is 1.50. The van der Waals surface area contributed by atoms with E-state index in [0.717, 1.165) is 16.9 Å². The number of hydrogen-bond acceptors (Lipinski definition) is 4. The summed E-state index contributed by atoms with van der Waals surface area (Å²) in [6.45, 7) is 1.94. The highest BCUT2D eigenvalue weighted by molar-refractivity contribution is 5.89. The number of aryl methyl sites for hydroxylation is 2. The van der Waals surface area contributed by atoms with Gasteiger partial charge in [-0.25, -0.2) is 9.20 Å². The zero-order valence-corrected chi connectivity index (χ0v) is 14.3. The molecule has 4 aromatic rings. The Morgan fingerprint density at radius 2 is 1.96 bits per heavy atom. The Morgan fingerprint density at radius 1 is 1.12 bits per heavy atom. The van der Waals surface area contributed by atoms with Gasteiger partial charge in [-0.3, -0.25) is 10.1 Å². The summed E-state index contributed by atoms with van der Waals surface area (Å²) in [5.74, 6) is 0.207. The smallest absolute Gasteiger partial charge is 0.249 e. The average Bonchev–Trinajstić information content (AvgIpc) is 3.31. The van der Waals surface area contributed by atoms with Crippen LogP contribution in [0.4, 0.5) is 5.95 Å². The summed E-state index contributed by atoms with van der Waals surface area (Å²) in [5.41, 5.74) is 3.61. The molecule has 1 aromatic carbocycles. The number of benzene rings is 1. The predicted octanol–water partition coefficient (Wildman–Crippen LogP) is 2.79. The van der Waals surface area contributed by atoms with Crippen LogP contribution in [0.15, 0.2) is 60.9 Å². The second kappa shape index (κ2) is 6.79. The SMILES string of the molecule is Cc1c(-n2cccn2)ccc2nc(NC(=O)CCc3ccccc3)nn12. The van der Waals surface area contributed by atoms with Crippen LogP contribution in [0.25, 0.3) is 11.3 Å². The molecule has 26 heavy (non-hydrogen) atoms. The van der Waals surface area contributed by atoms with Crippen LogP contribution < -0.4 is 5.32 Å². The van der Waals surface area contributed by atoms with Gasteiger partial charge in [0.25, 0.3) is 0 Å². The first-order chi connectivity index (χ1) is 12.7. The molecule has 7 nitrogen and oxygen atoms in total. The van der Waals surface area contributed by atoms with E-state index in [0.29, 0.717) is 24.4 Å². The van der Waals surface area contributed by atoms with Gasteiger partial charge in [-0.05, 0) is 37.1 Å². The molecule has 0 aliphatic carbocycles. The van der Waals surface area contributed by atoms with Crippen molar-refractivity contribution >= 4 is 17.5 Å². The molecule has 0 aliphatic rings. The van der Waals surface area contributed by atoms with Crippen molar-refractivity contribution in [3.05, 3.63) is 72.2 Å². The van der Waals surface area contributed by atoms with Crippen molar-refractivity contribution in [3.63, 3.8) is 0 Å². The number of hydrogen-bond donors (Lipinski definition) is 1. The molecular weight excluding hydrogens is 328 g/mol. The fraction of sp³-hybridized carbons (Fsp3) is 0.158. The van der Waals surface area contributed by atoms with Gasteiger partial charge in [0, 0.05) is 18.8 Å². The zero-order valence-electron chi connectivity index (χ0n) is 14.3. The highest BCUT2D eigenvalue weighted by Gasteiger charge is 2.12. The number of nitrogens with one attached hydrogen (secondary N) is 1. The minimum absolute atomic E-state index is 0.102. The maximum atomic E-state index is 12.2. The van der Waals surface area contributed by atoms with Gasteiger partial charge in [0.05, 0.1) is 11.4 Å². The monoisotopic (exact) mass is 346 g/mol. The van der Waals surface area contributed by atoms with Crippen molar-refractivity contribution in [2.75, 3.05) is 5.32 Å². The van der Waals surface area contributed by atoms with Gasteiger partial charge in [0.1, 0.15) is 0 Å². The van der Waals surface area contributed by atoms with Gasteiger partial charge in [-0.2, -0.15) is 10.1 Å². The Bertz CT molecular complexity index is 1040. The van der Waals surface area contributed by atoms with Gasteiger partial charge in [-0.15, -0.1) is 5.10 Å². The number of rotatable bonds is 5. The van der Waals surface area contributed by atoms with E-state index in [4.69, 9.17) is 0 Å². The standard InChI is InChI=1S/C19H18N6O/c1-14-16(24-13-5-12-20-24)9-10-17-21-19(23-25(14)17)22-18(26)11-8-15-6-3-2-4-7-15/h2-7,9-10,12-13H,8,11H2,1H3,(H,22,23,26). The van der Waals surface area contributed by atoms with Crippen LogP contribution in [-0.2, 0) is 11.2 Å². The molecule has 0 spiro atoms. The quantitative estimate of drug-likeness (QED) is 0.603. The van der Waals surface area contributed by atoms with E-state index < -0.39 is 0 Å². The molecule has 1 amide bonds. The second-order valence-corrected chi connectivity index (χ2v) is 5.99. The molecular formula is C19H18N6O.